The quantitative estimate of drug-likeness (QED) is 0.604. The Balaban J connectivity index is 2.28. The highest BCUT2D eigenvalue weighted by molar-refractivity contribution is 6.12. The number of carbonyl (C=O) groups excluding carboxylic acids is 1. The maximum absolute atomic E-state index is 11.6. The summed E-state index contributed by atoms with van der Waals surface area (Å²) in [4.78, 5) is 11.6. The summed E-state index contributed by atoms with van der Waals surface area (Å²) in [5.41, 5.74) is 3.05. The van der Waals surface area contributed by atoms with Crippen LogP contribution in [-0.4, -0.2) is 5.78 Å². The molecule has 1 aliphatic rings. The molecule has 0 amide bonds. The molecule has 0 saturated heterocycles. The molecule has 0 aliphatic heterocycles. The summed E-state index contributed by atoms with van der Waals surface area (Å²) >= 11 is 0. The summed E-state index contributed by atoms with van der Waals surface area (Å²) in [6, 6.07) is 9.43. The number of benzene rings is 1. The smallest absolute Gasteiger partial charge is 0.189 e. The first-order chi connectivity index (χ1) is 5.79. The average Bonchev–Trinajstić information content (AvgIpc) is 2.83. The topological polar surface area (TPSA) is 17.1 Å². The van der Waals surface area contributed by atoms with Crippen molar-refractivity contribution in [2.75, 3.05) is 0 Å². The third-order valence-corrected chi connectivity index (χ3v) is 2.14. The molecular weight excluding hydrogens is 148 g/mol. The summed E-state index contributed by atoms with van der Waals surface area (Å²) in [6.07, 6.45) is 0.910. The molecule has 0 spiro atoms. The Hall–Kier alpha value is -1.37. The van der Waals surface area contributed by atoms with Crippen LogP contribution in [0.2, 0.25) is 0 Å². The Morgan fingerprint density at radius 1 is 1.25 bits per heavy atom. The fourth-order valence-electron chi connectivity index (χ4n) is 1.26. The van der Waals surface area contributed by atoms with E-state index in [9.17, 15) is 4.79 Å². The van der Waals surface area contributed by atoms with Crippen molar-refractivity contribution < 1.29 is 4.79 Å². The Kier molecular flexibility index (Phi) is 1.58. The van der Waals surface area contributed by atoms with E-state index in [0.29, 0.717) is 0 Å². The molecule has 0 unspecified atom stereocenters. The number of Topliss-reactive ketones (excluding diaryl/α,β-unsaturated/α-hetero) is 1. The zero-order valence-corrected chi connectivity index (χ0v) is 7.00. The van der Waals surface area contributed by atoms with Crippen molar-refractivity contribution in [2.24, 2.45) is 0 Å². The molecule has 0 atom stereocenters. The van der Waals surface area contributed by atoms with Gasteiger partial charge in [-0.1, -0.05) is 35.9 Å². The van der Waals surface area contributed by atoms with Gasteiger partial charge in [0, 0.05) is 11.1 Å². The monoisotopic (exact) mass is 158 g/mol. The molecule has 0 N–H and O–H groups in total. The van der Waals surface area contributed by atoms with Gasteiger partial charge in [-0.2, -0.15) is 0 Å². The second-order valence-electron chi connectivity index (χ2n) is 3.13. The van der Waals surface area contributed by atoms with Crippen molar-refractivity contribution >= 4 is 5.78 Å². The summed E-state index contributed by atoms with van der Waals surface area (Å²) in [5.74, 6) is 0.202. The summed E-state index contributed by atoms with van der Waals surface area (Å²) in [7, 11) is 0. The predicted molar refractivity (Wildman–Crippen MR) is 48.1 cm³/mol. The van der Waals surface area contributed by atoms with Gasteiger partial charge in [0.2, 0.25) is 0 Å². The average molecular weight is 158 g/mol. The molecule has 1 aromatic rings. The maximum Gasteiger partial charge on any atom is 0.189 e. The minimum atomic E-state index is 0.202. The third kappa shape index (κ3) is 1.18. The number of ketones is 1. The Labute approximate surface area is 71.7 Å². The zero-order valence-electron chi connectivity index (χ0n) is 7.00. The van der Waals surface area contributed by atoms with E-state index < -0.39 is 0 Å². The van der Waals surface area contributed by atoms with Gasteiger partial charge in [-0.25, -0.2) is 0 Å². The van der Waals surface area contributed by atoms with Crippen LogP contribution >= 0.6 is 0 Å². The Morgan fingerprint density at radius 2 is 1.83 bits per heavy atom. The molecule has 0 bridgehead atoms. The minimum Gasteiger partial charge on any atom is -0.289 e. The second kappa shape index (κ2) is 2.59. The van der Waals surface area contributed by atoms with E-state index >= 15 is 0 Å². The summed E-state index contributed by atoms with van der Waals surface area (Å²) < 4.78 is 0. The third-order valence-electron chi connectivity index (χ3n) is 2.14. The van der Waals surface area contributed by atoms with E-state index in [-0.39, 0.29) is 5.78 Å². The summed E-state index contributed by atoms with van der Waals surface area (Å²) in [6.45, 7) is 2.01. The fourth-order valence-corrected chi connectivity index (χ4v) is 1.26. The van der Waals surface area contributed by atoms with Crippen LogP contribution in [0.1, 0.15) is 23.7 Å². The lowest BCUT2D eigenvalue weighted by Crippen LogP contribution is -1.94. The van der Waals surface area contributed by atoms with Crippen molar-refractivity contribution in [3.63, 3.8) is 0 Å². The van der Waals surface area contributed by atoms with E-state index in [1.165, 1.54) is 5.57 Å². The van der Waals surface area contributed by atoms with E-state index in [1.54, 1.807) is 0 Å². The highest BCUT2D eigenvalue weighted by atomic mass is 16.1. The molecule has 0 fully saturated rings. The van der Waals surface area contributed by atoms with Gasteiger partial charge in [-0.05, 0) is 13.3 Å². The summed E-state index contributed by atoms with van der Waals surface area (Å²) in [5, 5.41) is 0. The van der Waals surface area contributed by atoms with Gasteiger partial charge >= 0.3 is 0 Å². The molecular formula is C11H10O. The Bertz CT molecular complexity index is 347. The van der Waals surface area contributed by atoms with Crippen LogP contribution in [0.3, 0.4) is 0 Å². The fraction of sp³-hybridized carbons (Fsp3) is 0.182. The molecule has 1 aromatic carbocycles. The lowest BCUT2D eigenvalue weighted by Gasteiger charge is -1.93. The van der Waals surface area contributed by atoms with Gasteiger partial charge in [-0.15, -0.1) is 0 Å². The first-order valence-corrected chi connectivity index (χ1v) is 4.07. The molecule has 1 heteroatoms. The lowest BCUT2D eigenvalue weighted by molar-refractivity contribution is 0.103. The largest absolute Gasteiger partial charge is 0.289 e. The van der Waals surface area contributed by atoms with Crippen molar-refractivity contribution in [1.29, 1.82) is 0 Å². The number of hydrogen-bond acceptors (Lipinski definition) is 1. The number of allylic oxidation sites excluding steroid dienone is 2. The molecule has 0 radical (unpaired) electrons. The van der Waals surface area contributed by atoms with E-state index in [2.05, 4.69) is 0 Å². The van der Waals surface area contributed by atoms with Crippen LogP contribution in [0.5, 0.6) is 0 Å². The van der Waals surface area contributed by atoms with Crippen molar-refractivity contribution in [1.82, 2.24) is 0 Å². The number of carbonyl (C=O) groups is 1. The number of hydrogen-bond donors (Lipinski definition) is 0. The minimum absolute atomic E-state index is 0.202. The van der Waals surface area contributed by atoms with E-state index in [4.69, 9.17) is 0 Å². The molecule has 12 heavy (non-hydrogen) atoms. The molecule has 0 aromatic heterocycles. The predicted octanol–water partition coefficient (Wildman–Crippen LogP) is 2.59. The lowest BCUT2D eigenvalue weighted by atomic mass is 10.1. The van der Waals surface area contributed by atoms with E-state index in [1.807, 2.05) is 37.3 Å². The van der Waals surface area contributed by atoms with Crippen LogP contribution in [0.4, 0.5) is 0 Å². The molecule has 2 rings (SSSR count). The molecule has 0 saturated carbocycles. The van der Waals surface area contributed by atoms with Gasteiger partial charge in [0.1, 0.15) is 0 Å². The highest BCUT2D eigenvalue weighted by Crippen LogP contribution is 2.32. The first-order valence-electron chi connectivity index (χ1n) is 4.07. The van der Waals surface area contributed by atoms with Crippen LogP contribution in [-0.2, 0) is 0 Å². The normalized spacial score (nSPS) is 14.8. The van der Waals surface area contributed by atoms with Gasteiger partial charge < -0.3 is 0 Å². The van der Waals surface area contributed by atoms with Gasteiger partial charge in [0.25, 0.3) is 0 Å². The van der Waals surface area contributed by atoms with Crippen LogP contribution in [0.15, 0.2) is 41.5 Å². The zero-order chi connectivity index (χ0) is 8.55. The van der Waals surface area contributed by atoms with Gasteiger partial charge in [0.15, 0.2) is 5.78 Å². The molecule has 1 aliphatic carbocycles. The SMILES string of the molecule is CC1=C(C(=O)c2ccccc2)C1. The van der Waals surface area contributed by atoms with Crippen molar-refractivity contribution in [3.05, 3.63) is 47.0 Å². The molecule has 0 heterocycles. The van der Waals surface area contributed by atoms with Crippen molar-refractivity contribution in [2.45, 2.75) is 13.3 Å². The van der Waals surface area contributed by atoms with Crippen molar-refractivity contribution in [3.8, 4) is 0 Å². The molecule has 1 nitrogen and oxygen atoms in total. The maximum atomic E-state index is 11.6. The Morgan fingerprint density at radius 3 is 2.33 bits per heavy atom. The van der Waals surface area contributed by atoms with Gasteiger partial charge in [0.05, 0.1) is 0 Å². The second-order valence-corrected chi connectivity index (χ2v) is 3.13. The number of rotatable bonds is 2. The van der Waals surface area contributed by atoms with Gasteiger partial charge in [-0.3, -0.25) is 4.79 Å². The standard InChI is InChI=1S/C11H10O/c1-8-7-10(8)11(12)9-5-3-2-4-6-9/h2-6H,7H2,1H3. The van der Waals surface area contributed by atoms with Crippen LogP contribution < -0.4 is 0 Å². The first kappa shape index (κ1) is 7.29. The molecule has 60 valence electrons. The highest BCUT2D eigenvalue weighted by Gasteiger charge is 2.24. The van der Waals surface area contributed by atoms with Crippen LogP contribution in [0.25, 0.3) is 0 Å². The van der Waals surface area contributed by atoms with E-state index in [0.717, 1.165) is 17.6 Å². The van der Waals surface area contributed by atoms with Crippen LogP contribution in [0, 0.1) is 0 Å².